The molecule has 0 spiro atoms. The topological polar surface area (TPSA) is 72.7 Å². The molecule has 0 aliphatic rings. The van der Waals surface area contributed by atoms with Gasteiger partial charge in [0.15, 0.2) is 0 Å². The number of carbonyl (C=O) groups is 1. The summed E-state index contributed by atoms with van der Waals surface area (Å²) in [4.78, 5) is 11.7. The number of rotatable bonds is 4. The number of alkyl halides is 1. The number of carbonyl (C=O) groups excluding carboxylic acids is 1. The molecule has 1 amide bonds. The van der Waals surface area contributed by atoms with Crippen molar-refractivity contribution in [2.24, 2.45) is 5.92 Å². The number of nitrogens with one attached hydrogen (secondary N) is 1. The van der Waals surface area contributed by atoms with E-state index in [9.17, 15) is 9.18 Å². The fourth-order valence-electron chi connectivity index (χ4n) is 1.36. The van der Waals surface area contributed by atoms with E-state index < -0.39 is 11.7 Å². The van der Waals surface area contributed by atoms with Crippen molar-refractivity contribution in [1.82, 2.24) is 20.2 Å². The summed E-state index contributed by atoms with van der Waals surface area (Å²) in [6.07, 6.45) is 1.38. The van der Waals surface area contributed by atoms with Crippen LogP contribution in [-0.4, -0.2) is 32.0 Å². The zero-order valence-corrected chi connectivity index (χ0v) is 10.8. The highest BCUT2D eigenvalue weighted by molar-refractivity contribution is 6.19. The lowest BCUT2D eigenvalue weighted by Crippen LogP contribution is -2.22. The second-order valence-electron chi connectivity index (χ2n) is 3.96. The van der Waals surface area contributed by atoms with Gasteiger partial charge < -0.3 is 5.32 Å². The van der Waals surface area contributed by atoms with Gasteiger partial charge >= 0.3 is 0 Å². The van der Waals surface area contributed by atoms with Gasteiger partial charge in [0.25, 0.3) is 0 Å². The summed E-state index contributed by atoms with van der Waals surface area (Å²) in [6, 6.07) is 4.19. The largest absolute Gasteiger partial charge is 0.323 e. The quantitative estimate of drug-likeness (QED) is 0.865. The fourth-order valence-corrected chi connectivity index (χ4v) is 1.50. The Morgan fingerprint density at radius 3 is 3.00 bits per heavy atom. The van der Waals surface area contributed by atoms with Crippen LogP contribution in [0, 0.1) is 11.7 Å². The number of tetrazole rings is 1. The molecular formula is C11H11ClFN5O. The predicted octanol–water partition coefficient (Wildman–Crippen LogP) is 1.61. The number of hydrogen-bond donors (Lipinski definition) is 1. The summed E-state index contributed by atoms with van der Waals surface area (Å²) in [5.74, 6) is -1.12. The Labute approximate surface area is 113 Å². The zero-order valence-electron chi connectivity index (χ0n) is 10.0. The van der Waals surface area contributed by atoms with E-state index in [4.69, 9.17) is 11.6 Å². The van der Waals surface area contributed by atoms with Crippen LogP contribution in [0.3, 0.4) is 0 Å². The molecule has 0 fully saturated rings. The molecule has 1 unspecified atom stereocenters. The molecule has 0 radical (unpaired) electrons. The first-order chi connectivity index (χ1) is 9.11. The number of hydrogen-bond acceptors (Lipinski definition) is 4. The SMILES string of the molecule is CC(CCl)C(=O)Nc1cc(-n2cnnn2)ccc1F. The summed E-state index contributed by atoms with van der Waals surface area (Å²) in [6.45, 7) is 1.66. The van der Waals surface area contributed by atoms with Crippen molar-refractivity contribution in [3.63, 3.8) is 0 Å². The number of amides is 1. The molecule has 0 aliphatic carbocycles. The minimum atomic E-state index is -0.535. The van der Waals surface area contributed by atoms with Crippen molar-refractivity contribution in [2.45, 2.75) is 6.92 Å². The number of anilines is 1. The molecule has 6 nitrogen and oxygen atoms in total. The van der Waals surface area contributed by atoms with Crippen LogP contribution in [-0.2, 0) is 4.79 Å². The van der Waals surface area contributed by atoms with Gasteiger partial charge in [-0.2, -0.15) is 0 Å². The molecule has 1 atom stereocenters. The van der Waals surface area contributed by atoms with Gasteiger partial charge in [-0.25, -0.2) is 9.07 Å². The smallest absolute Gasteiger partial charge is 0.228 e. The Hall–Kier alpha value is -2.02. The van der Waals surface area contributed by atoms with Crippen LogP contribution in [0.4, 0.5) is 10.1 Å². The molecule has 0 aliphatic heterocycles. The Balaban J connectivity index is 2.25. The minimum absolute atomic E-state index is 0.0648. The second kappa shape index (κ2) is 5.75. The molecule has 1 heterocycles. The number of aromatic nitrogens is 4. The van der Waals surface area contributed by atoms with Gasteiger partial charge in [-0.05, 0) is 28.6 Å². The zero-order chi connectivity index (χ0) is 13.8. The summed E-state index contributed by atoms with van der Waals surface area (Å²) in [5.41, 5.74) is 0.607. The van der Waals surface area contributed by atoms with Crippen LogP contribution in [0.15, 0.2) is 24.5 Å². The van der Waals surface area contributed by atoms with Gasteiger partial charge in [-0.15, -0.1) is 16.7 Å². The molecule has 100 valence electrons. The van der Waals surface area contributed by atoms with Crippen molar-refractivity contribution in [1.29, 1.82) is 0 Å². The molecule has 0 bridgehead atoms. The van der Waals surface area contributed by atoms with E-state index in [1.165, 1.54) is 29.2 Å². The fraction of sp³-hybridized carbons (Fsp3) is 0.273. The average Bonchev–Trinajstić information content (AvgIpc) is 2.94. The van der Waals surface area contributed by atoms with Gasteiger partial charge in [0, 0.05) is 11.8 Å². The van der Waals surface area contributed by atoms with Crippen molar-refractivity contribution in [3.8, 4) is 5.69 Å². The predicted molar refractivity (Wildman–Crippen MR) is 67.6 cm³/mol. The highest BCUT2D eigenvalue weighted by Gasteiger charge is 2.14. The number of nitrogens with zero attached hydrogens (tertiary/aromatic N) is 4. The first kappa shape index (κ1) is 13.4. The van der Waals surface area contributed by atoms with Gasteiger partial charge in [0.05, 0.1) is 11.4 Å². The van der Waals surface area contributed by atoms with Crippen LogP contribution in [0.1, 0.15) is 6.92 Å². The summed E-state index contributed by atoms with van der Waals surface area (Å²) in [7, 11) is 0. The summed E-state index contributed by atoms with van der Waals surface area (Å²) < 4.78 is 15.0. The summed E-state index contributed by atoms with van der Waals surface area (Å²) in [5, 5.41) is 13.1. The molecule has 19 heavy (non-hydrogen) atoms. The molecule has 2 aromatic rings. The van der Waals surface area contributed by atoms with Crippen LogP contribution < -0.4 is 5.32 Å². The van der Waals surface area contributed by atoms with E-state index in [-0.39, 0.29) is 17.5 Å². The lowest BCUT2D eigenvalue weighted by Gasteiger charge is -2.11. The molecule has 1 N–H and O–H groups in total. The molecule has 8 heteroatoms. The maximum atomic E-state index is 13.6. The third-order valence-corrected chi connectivity index (χ3v) is 2.96. The average molecular weight is 284 g/mol. The van der Waals surface area contributed by atoms with Crippen LogP contribution in [0.2, 0.25) is 0 Å². The highest BCUT2D eigenvalue weighted by Crippen LogP contribution is 2.19. The standard InChI is InChI=1S/C11H11ClFN5O/c1-7(5-12)11(19)15-10-4-8(2-3-9(10)13)18-6-14-16-17-18/h2-4,6-7H,5H2,1H3,(H,15,19). The lowest BCUT2D eigenvalue weighted by atomic mass is 10.2. The Kier molecular flexibility index (Phi) is 4.06. The maximum absolute atomic E-state index is 13.6. The highest BCUT2D eigenvalue weighted by atomic mass is 35.5. The van der Waals surface area contributed by atoms with E-state index >= 15 is 0 Å². The first-order valence-corrected chi connectivity index (χ1v) is 6.05. The summed E-state index contributed by atoms with van der Waals surface area (Å²) >= 11 is 5.58. The number of halogens is 2. The number of benzene rings is 1. The van der Waals surface area contributed by atoms with Crippen LogP contribution in [0.25, 0.3) is 5.69 Å². The van der Waals surface area contributed by atoms with Gasteiger partial charge in [-0.3, -0.25) is 4.79 Å². The monoisotopic (exact) mass is 283 g/mol. The maximum Gasteiger partial charge on any atom is 0.228 e. The van der Waals surface area contributed by atoms with Crippen molar-refractivity contribution in [3.05, 3.63) is 30.3 Å². The van der Waals surface area contributed by atoms with E-state index in [0.717, 1.165) is 0 Å². The minimum Gasteiger partial charge on any atom is -0.323 e. The molecule has 0 saturated carbocycles. The molecule has 1 aromatic carbocycles. The second-order valence-corrected chi connectivity index (χ2v) is 4.27. The van der Waals surface area contributed by atoms with Gasteiger partial charge in [-0.1, -0.05) is 6.92 Å². The normalized spacial score (nSPS) is 12.2. The van der Waals surface area contributed by atoms with E-state index in [1.54, 1.807) is 6.92 Å². The van der Waals surface area contributed by atoms with Crippen molar-refractivity contribution in [2.75, 3.05) is 11.2 Å². The molecule has 0 saturated heterocycles. The molecule has 1 aromatic heterocycles. The lowest BCUT2D eigenvalue weighted by molar-refractivity contribution is -0.118. The Morgan fingerprint density at radius 1 is 1.58 bits per heavy atom. The van der Waals surface area contributed by atoms with Crippen molar-refractivity contribution >= 4 is 23.2 Å². The van der Waals surface area contributed by atoms with E-state index in [0.29, 0.717) is 5.69 Å². The van der Waals surface area contributed by atoms with Crippen LogP contribution >= 0.6 is 11.6 Å². The van der Waals surface area contributed by atoms with Gasteiger partial charge in [0.1, 0.15) is 12.1 Å². The molecule has 2 rings (SSSR count). The third-order valence-electron chi connectivity index (χ3n) is 2.50. The van der Waals surface area contributed by atoms with E-state index in [1.807, 2.05) is 0 Å². The third kappa shape index (κ3) is 3.05. The van der Waals surface area contributed by atoms with Crippen molar-refractivity contribution < 1.29 is 9.18 Å². The Morgan fingerprint density at radius 2 is 2.37 bits per heavy atom. The Bertz CT molecular complexity index is 574. The van der Waals surface area contributed by atoms with Crippen LogP contribution in [0.5, 0.6) is 0 Å². The molecular weight excluding hydrogens is 273 g/mol. The van der Waals surface area contributed by atoms with Gasteiger partial charge in [0.2, 0.25) is 5.91 Å². The van der Waals surface area contributed by atoms with E-state index in [2.05, 4.69) is 20.8 Å². The first-order valence-electron chi connectivity index (χ1n) is 5.51.